The molecule has 0 aliphatic carbocycles. The third-order valence-corrected chi connectivity index (χ3v) is 3.90. The van der Waals surface area contributed by atoms with E-state index >= 15 is 0 Å². The van der Waals surface area contributed by atoms with Crippen LogP contribution >= 0.6 is 0 Å². The summed E-state index contributed by atoms with van der Waals surface area (Å²) in [6, 6.07) is 19.0. The molecule has 20 heavy (non-hydrogen) atoms. The number of nitrogens with zero attached hydrogens (tertiary/aromatic N) is 1. The Morgan fingerprint density at radius 3 is 2.00 bits per heavy atom. The van der Waals surface area contributed by atoms with E-state index in [2.05, 4.69) is 53.4 Å². The summed E-state index contributed by atoms with van der Waals surface area (Å²) in [7, 11) is 2.04. The maximum atomic E-state index is 9.39. The van der Waals surface area contributed by atoms with Crippen LogP contribution in [0.1, 0.15) is 19.4 Å². The number of hydrogen-bond acceptors (Lipinski definition) is 2. The molecule has 2 nitrogen and oxygen atoms in total. The number of aliphatic hydroxyl groups is 1. The van der Waals surface area contributed by atoms with Gasteiger partial charge in [-0.2, -0.15) is 0 Å². The molecule has 0 spiro atoms. The van der Waals surface area contributed by atoms with E-state index in [4.69, 9.17) is 0 Å². The lowest BCUT2D eigenvalue weighted by atomic mass is 10.0. The molecule has 106 valence electrons. The Hall–Kier alpha value is -1.64. The van der Waals surface area contributed by atoms with Crippen LogP contribution in [0.3, 0.4) is 0 Å². The van der Waals surface area contributed by atoms with Gasteiger partial charge in [-0.15, -0.1) is 0 Å². The molecule has 2 rings (SSSR count). The minimum atomic E-state index is -0.196. The average molecular weight is 269 g/mol. The first-order valence-corrected chi connectivity index (χ1v) is 6.99. The van der Waals surface area contributed by atoms with Gasteiger partial charge < -0.3 is 5.11 Å². The van der Waals surface area contributed by atoms with Crippen LogP contribution in [-0.4, -0.2) is 29.2 Å². The molecule has 0 heterocycles. The molecule has 0 saturated heterocycles. The Kier molecular flexibility index (Phi) is 4.58. The molecule has 2 aromatic carbocycles. The van der Waals surface area contributed by atoms with Crippen LogP contribution < -0.4 is 0 Å². The van der Waals surface area contributed by atoms with Crippen LogP contribution in [0.15, 0.2) is 54.6 Å². The fraction of sp³-hybridized carbons (Fsp3) is 0.333. The van der Waals surface area contributed by atoms with Gasteiger partial charge >= 0.3 is 0 Å². The molecule has 0 unspecified atom stereocenters. The summed E-state index contributed by atoms with van der Waals surface area (Å²) in [6.45, 7) is 5.09. The van der Waals surface area contributed by atoms with Crippen molar-refractivity contribution in [2.24, 2.45) is 0 Å². The van der Waals surface area contributed by atoms with Crippen LogP contribution in [0.25, 0.3) is 11.1 Å². The van der Waals surface area contributed by atoms with Crippen molar-refractivity contribution in [3.05, 3.63) is 60.2 Å². The van der Waals surface area contributed by atoms with E-state index in [9.17, 15) is 5.11 Å². The summed E-state index contributed by atoms with van der Waals surface area (Å²) in [5, 5.41) is 9.39. The smallest absolute Gasteiger partial charge is 0.0610 e. The molecule has 1 N–H and O–H groups in total. The highest BCUT2D eigenvalue weighted by Crippen LogP contribution is 2.21. The highest BCUT2D eigenvalue weighted by molar-refractivity contribution is 5.63. The van der Waals surface area contributed by atoms with E-state index in [-0.39, 0.29) is 12.1 Å². The molecule has 0 amide bonds. The lowest BCUT2D eigenvalue weighted by Crippen LogP contribution is -2.43. The maximum absolute atomic E-state index is 9.39. The zero-order chi connectivity index (χ0) is 14.6. The second kappa shape index (κ2) is 6.21. The number of aliphatic hydroxyl groups excluding tert-OH is 1. The van der Waals surface area contributed by atoms with Crippen molar-refractivity contribution in [3.63, 3.8) is 0 Å². The fourth-order valence-corrected chi connectivity index (χ4v) is 2.04. The lowest BCUT2D eigenvalue weighted by Gasteiger charge is -2.33. The monoisotopic (exact) mass is 269 g/mol. The summed E-state index contributed by atoms with van der Waals surface area (Å²) >= 11 is 0. The normalized spacial score (nSPS) is 11.8. The van der Waals surface area contributed by atoms with Gasteiger partial charge in [0.2, 0.25) is 0 Å². The quantitative estimate of drug-likeness (QED) is 0.897. The first-order chi connectivity index (χ1) is 9.53. The van der Waals surface area contributed by atoms with Gasteiger partial charge in [-0.3, -0.25) is 4.90 Å². The first kappa shape index (κ1) is 14.8. The Bertz CT molecular complexity index is 531. The Balaban J connectivity index is 2.10. The van der Waals surface area contributed by atoms with Gasteiger partial charge in [0.25, 0.3) is 0 Å². The largest absolute Gasteiger partial charge is 0.394 e. The zero-order valence-electron chi connectivity index (χ0n) is 12.5. The van der Waals surface area contributed by atoms with Gasteiger partial charge in [0.05, 0.1) is 6.61 Å². The van der Waals surface area contributed by atoms with Crippen molar-refractivity contribution in [1.29, 1.82) is 0 Å². The van der Waals surface area contributed by atoms with Crippen molar-refractivity contribution in [1.82, 2.24) is 4.90 Å². The summed E-state index contributed by atoms with van der Waals surface area (Å²) in [5.41, 5.74) is 3.54. The topological polar surface area (TPSA) is 23.5 Å². The van der Waals surface area contributed by atoms with Crippen molar-refractivity contribution in [2.75, 3.05) is 13.7 Å². The molecule has 0 atom stereocenters. The van der Waals surface area contributed by atoms with Crippen LogP contribution in [0, 0.1) is 0 Å². The minimum Gasteiger partial charge on any atom is -0.394 e. The maximum Gasteiger partial charge on any atom is 0.0610 e. The number of rotatable bonds is 5. The van der Waals surface area contributed by atoms with E-state index in [0.29, 0.717) is 0 Å². The predicted molar refractivity (Wildman–Crippen MR) is 84.5 cm³/mol. The van der Waals surface area contributed by atoms with Crippen molar-refractivity contribution >= 4 is 0 Å². The van der Waals surface area contributed by atoms with Gasteiger partial charge in [-0.1, -0.05) is 54.6 Å². The minimum absolute atomic E-state index is 0.158. The molecular weight excluding hydrogens is 246 g/mol. The lowest BCUT2D eigenvalue weighted by molar-refractivity contribution is 0.0734. The van der Waals surface area contributed by atoms with Gasteiger partial charge in [-0.25, -0.2) is 0 Å². The molecular formula is C18H23NO. The summed E-state index contributed by atoms with van der Waals surface area (Å²) in [6.07, 6.45) is 0. The fourth-order valence-electron chi connectivity index (χ4n) is 2.04. The Morgan fingerprint density at radius 1 is 0.900 bits per heavy atom. The van der Waals surface area contributed by atoms with Crippen molar-refractivity contribution in [3.8, 4) is 11.1 Å². The van der Waals surface area contributed by atoms with E-state index in [0.717, 1.165) is 6.54 Å². The number of likely N-dealkylation sites (N-methyl/N-ethyl adjacent to an activating group) is 1. The molecule has 2 aromatic rings. The Labute approximate surface area is 121 Å². The van der Waals surface area contributed by atoms with E-state index < -0.39 is 0 Å². The van der Waals surface area contributed by atoms with E-state index in [1.807, 2.05) is 27.0 Å². The van der Waals surface area contributed by atoms with Crippen LogP contribution in [0.5, 0.6) is 0 Å². The standard InChI is InChI=1S/C18H23NO/c1-18(2,14-20)19(3)13-15-9-11-17(12-10-15)16-7-5-4-6-8-16/h4-12,20H,13-14H2,1-3H3. The zero-order valence-corrected chi connectivity index (χ0v) is 12.5. The van der Waals surface area contributed by atoms with E-state index in [1.54, 1.807) is 0 Å². The number of benzene rings is 2. The van der Waals surface area contributed by atoms with Crippen LogP contribution in [-0.2, 0) is 6.54 Å². The van der Waals surface area contributed by atoms with Crippen molar-refractivity contribution in [2.45, 2.75) is 25.9 Å². The van der Waals surface area contributed by atoms with Gasteiger partial charge in [0.15, 0.2) is 0 Å². The van der Waals surface area contributed by atoms with Crippen LogP contribution in [0.2, 0.25) is 0 Å². The average Bonchev–Trinajstić information content (AvgIpc) is 2.49. The van der Waals surface area contributed by atoms with Gasteiger partial charge in [0.1, 0.15) is 0 Å². The first-order valence-electron chi connectivity index (χ1n) is 6.99. The number of hydrogen-bond donors (Lipinski definition) is 1. The molecule has 2 heteroatoms. The summed E-state index contributed by atoms with van der Waals surface area (Å²) in [5.74, 6) is 0. The molecule has 0 aliphatic heterocycles. The van der Waals surface area contributed by atoms with Crippen LogP contribution in [0.4, 0.5) is 0 Å². The second-order valence-electron chi connectivity index (χ2n) is 5.89. The second-order valence-corrected chi connectivity index (χ2v) is 5.89. The van der Waals surface area contributed by atoms with E-state index in [1.165, 1.54) is 16.7 Å². The molecule has 0 saturated carbocycles. The SMILES string of the molecule is CN(Cc1ccc(-c2ccccc2)cc1)C(C)(C)CO. The molecule has 0 radical (unpaired) electrons. The highest BCUT2D eigenvalue weighted by Gasteiger charge is 2.22. The molecule has 0 aliphatic rings. The van der Waals surface area contributed by atoms with Crippen molar-refractivity contribution < 1.29 is 5.11 Å². The van der Waals surface area contributed by atoms with Gasteiger partial charge in [0, 0.05) is 12.1 Å². The molecule has 0 fully saturated rings. The molecule has 0 aromatic heterocycles. The highest BCUT2D eigenvalue weighted by atomic mass is 16.3. The molecule has 0 bridgehead atoms. The Morgan fingerprint density at radius 2 is 1.45 bits per heavy atom. The summed E-state index contributed by atoms with van der Waals surface area (Å²) < 4.78 is 0. The third-order valence-electron chi connectivity index (χ3n) is 3.90. The van der Waals surface area contributed by atoms with Gasteiger partial charge in [-0.05, 0) is 37.6 Å². The predicted octanol–water partition coefficient (Wildman–Crippen LogP) is 3.56. The third kappa shape index (κ3) is 3.47. The summed E-state index contributed by atoms with van der Waals surface area (Å²) in [4.78, 5) is 2.17.